The third kappa shape index (κ3) is 5.39. The number of rotatable bonds is 4. The quantitative estimate of drug-likeness (QED) is 0.326. The molecule has 15 heteroatoms. The first kappa shape index (κ1) is 26.9. The van der Waals surface area contributed by atoms with Crippen LogP contribution in [0, 0.1) is 18.6 Å². The summed E-state index contributed by atoms with van der Waals surface area (Å²) in [7, 11) is 0. The molecule has 0 saturated carbocycles. The molecule has 3 aromatic heterocycles. The number of hydrogen-bond acceptors (Lipinski definition) is 8. The van der Waals surface area contributed by atoms with E-state index < -0.39 is 35.4 Å². The van der Waals surface area contributed by atoms with Gasteiger partial charge in [-0.25, -0.2) is 38.5 Å². The molecular formula is C25H21F5N8O2. The van der Waals surface area contributed by atoms with E-state index in [9.17, 15) is 26.7 Å². The van der Waals surface area contributed by atoms with Gasteiger partial charge >= 0.3 is 12.2 Å². The number of benzene rings is 1. The maximum atomic E-state index is 14.0. The highest BCUT2D eigenvalue weighted by molar-refractivity contribution is 5.89. The van der Waals surface area contributed by atoms with E-state index in [1.54, 1.807) is 6.92 Å². The number of nitrogens with zero attached hydrogens (tertiary/aromatic N) is 6. The van der Waals surface area contributed by atoms with Crippen LogP contribution < -0.4 is 11.1 Å². The van der Waals surface area contributed by atoms with Crippen molar-refractivity contribution in [3.63, 3.8) is 0 Å². The second-order valence-electron chi connectivity index (χ2n) is 9.01. The number of piperidine rings is 1. The van der Waals surface area contributed by atoms with Gasteiger partial charge in [0.1, 0.15) is 23.0 Å². The summed E-state index contributed by atoms with van der Waals surface area (Å²) in [6.45, 7) is 2.17. The van der Waals surface area contributed by atoms with Crippen LogP contribution in [0.2, 0.25) is 0 Å². The Labute approximate surface area is 223 Å². The Hall–Kier alpha value is -4.69. The van der Waals surface area contributed by atoms with Crippen molar-refractivity contribution < 1.29 is 31.2 Å². The first-order valence-corrected chi connectivity index (χ1v) is 12.0. The Bertz CT molecular complexity index is 1550. The van der Waals surface area contributed by atoms with Crippen molar-refractivity contribution in [3.8, 4) is 22.9 Å². The lowest BCUT2D eigenvalue weighted by molar-refractivity contribution is -0.144. The minimum Gasteiger partial charge on any atom is -0.435 e. The van der Waals surface area contributed by atoms with E-state index in [4.69, 9.17) is 10.2 Å². The molecule has 2 amide bonds. The number of nitrogens with two attached hydrogens (primary N) is 1. The molecule has 1 fully saturated rings. The highest BCUT2D eigenvalue weighted by atomic mass is 19.4. The van der Waals surface area contributed by atoms with Gasteiger partial charge in [0.25, 0.3) is 0 Å². The molecule has 4 heterocycles. The zero-order valence-corrected chi connectivity index (χ0v) is 20.8. The molecule has 0 atom stereocenters. The number of nitrogens with one attached hydrogen (secondary N) is 1. The van der Waals surface area contributed by atoms with Crippen LogP contribution in [0.25, 0.3) is 22.9 Å². The van der Waals surface area contributed by atoms with Crippen LogP contribution in [-0.2, 0) is 6.18 Å². The SMILES string of the molecule is Cc1nc(N)nc(C2CCN(C(=O)Nc3c(F)cccc3F)CC2)c1-c1cnc(-c2ccnc(C(F)(F)F)n2)o1. The Morgan fingerprint density at radius 2 is 1.77 bits per heavy atom. The van der Waals surface area contributed by atoms with Gasteiger partial charge in [0.15, 0.2) is 5.76 Å². The maximum Gasteiger partial charge on any atom is 0.451 e. The van der Waals surface area contributed by atoms with E-state index in [0.717, 1.165) is 18.3 Å². The van der Waals surface area contributed by atoms with Crippen molar-refractivity contribution in [2.75, 3.05) is 24.1 Å². The lowest BCUT2D eigenvalue weighted by Crippen LogP contribution is -2.41. The molecule has 0 bridgehead atoms. The number of para-hydroxylation sites is 1. The molecule has 4 aromatic rings. The second kappa shape index (κ2) is 10.5. The van der Waals surface area contributed by atoms with Gasteiger partial charge in [0, 0.05) is 25.2 Å². The molecule has 5 rings (SSSR count). The molecule has 0 spiro atoms. The van der Waals surface area contributed by atoms with Crippen LogP contribution in [0.15, 0.2) is 41.1 Å². The summed E-state index contributed by atoms with van der Waals surface area (Å²) in [5.74, 6) is -3.26. The molecule has 10 nitrogen and oxygen atoms in total. The van der Waals surface area contributed by atoms with Gasteiger partial charge < -0.3 is 20.4 Å². The number of anilines is 2. The van der Waals surface area contributed by atoms with E-state index in [-0.39, 0.29) is 42.3 Å². The van der Waals surface area contributed by atoms with E-state index in [1.807, 2.05) is 0 Å². The van der Waals surface area contributed by atoms with Crippen LogP contribution in [0.5, 0.6) is 0 Å². The largest absolute Gasteiger partial charge is 0.451 e. The number of halogens is 5. The summed E-state index contributed by atoms with van der Waals surface area (Å²) < 4.78 is 72.9. The van der Waals surface area contributed by atoms with Gasteiger partial charge in [0.2, 0.25) is 17.7 Å². The standard InChI is InChI=1S/C25H21F5N8O2/c1-12-18(17-11-33-21(40-17)16-5-8-32-22(35-16)25(28,29)30)19(36-23(31)34-12)13-6-9-38(10-7-13)24(39)37-20-14(26)3-2-4-15(20)27/h2-5,8,11,13H,6-7,9-10H2,1H3,(H,37,39)(H2,31,34,36). The van der Waals surface area contributed by atoms with E-state index in [2.05, 4.69) is 30.2 Å². The zero-order chi connectivity index (χ0) is 28.6. The maximum absolute atomic E-state index is 14.0. The van der Waals surface area contributed by atoms with Crippen LogP contribution in [0.1, 0.15) is 36.0 Å². The van der Waals surface area contributed by atoms with Gasteiger partial charge in [-0.1, -0.05) is 6.07 Å². The number of likely N-dealkylation sites (tertiary alicyclic amines) is 1. The number of carbonyl (C=O) groups excluding carboxylic acids is 1. The van der Waals surface area contributed by atoms with Crippen LogP contribution in [0.4, 0.5) is 38.4 Å². The van der Waals surface area contributed by atoms with Gasteiger partial charge in [0.05, 0.1) is 23.1 Å². The third-order valence-electron chi connectivity index (χ3n) is 6.38. The van der Waals surface area contributed by atoms with Gasteiger partial charge in [-0.15, -0.1) is 0 Å². The van der Waals surface area contributed by atoms with Crippen molar-refractivity contribution in [2.24, 2.45) is 0 Å². The molecule has 208 valence electrons. The number of nitrogen functional groups attached to an aromatic ring is 1. The topological polar surface area (TPSA) is 136 Å². The summed E-state index contributed by atoms with van der Waals surface area (Å²) in [5.41, 5.74) is 6.68. The second-order valence-corrected chi connectivity index (χ2v) is 9.01. The molecule has 1 saturated heterocycles. The first-order valence-electron chi connectivity index (χ1n) is 12.0. The highest BCUT2D eigenvalue weighted by Gasteiger charge is 2.35. The molecule has 3 N–H and O–H groups in total. The summed E-state index contributed by atoms with van der Waals surface area (Å²) in [6.07, 6.45) is -1.59. The van der Waals surface area contributed by atoms with Crippen molar-refractivity contribution in [2.45, 2.75) is 31.9 Å². The molecule has 1 aliphatic rings. The number of amides is 2. The van der Waals surface area contributed by atoms with Crippen molar-refractivity contribution >= 4 is 17.7 Å². The average molecular weight is 560 g/mol. The molecule has 1 aliphatic heterocycles. The van der Waals surface area contributed by atoms with Crippen LogP contribution in [-0.4, -0.2) is 48.9 Å². The molecular weight excluding hydrogens is 539 g/mol. The van der Waals surface area contributed by atoms with Crippen molar-refractivity contribution in [1.82, 2.24) is 29.8 Å². The number of hydrogen-bond donors (Lipinski definition) is 2. The summed E-state index contributed by atoms with van der Waals surface area (Å²) in [5, 5.41) is 2.28. The fourth-order valence-electron chi connectivity index (χ4n) is 4.50. The molecule has 0 unspecified atom stereocenters. The highest BCUT2D eigenvalue weighted by Crippen LogP contribution is 2.37. The predicted octanol–water partition coefficient (Wildman–Crippen LogP) is 5.19. The van der Waals surface area contributed by atoms with Gasteiger partial charge in [-0.2, -0.15) is 13.2 Å². The van der Waals surface area contributed by atoms with Gasteiger partial charge in [-0.05, 0) is 38.0 Å². The summed E-state index contributed by atoms with van der Waals surface area (Å²) in [4.78, 5) is 33.5. The van der Waals surface area contributed by atoms with Crippen molar-refractivity contribution in [3.05, 3.63) is 65.5 Å². The fourth-order valence-corrected chi connectivity index (χ4v) is 4.50. The number of alkyl halides is 3. The van der Waals surface area contributed by atoms with E-state index >= 15 is 0 Å². The Balaban J connectivity index is 1.37. The molecule has 0 radical (unpaired) electrons. The molecule has 40 heavy (non-hydrogen) atoms. The third-order valence-corrected chi connectivity index (χ3v) is 6.38. The number of oxazole rings is 1. The fraction of sp³-hybridized carbons (Fsp3) is 0.280. The molecule has 0 aliphatic carbocycles. The molecule has 1 aromatic carbocycles. The van der Waals surface area contributed by atoms with Crippen LogP contribution in [0.3, 0.4) is 0 Å². The number of aromatic nitrogens is 5. The Morgan fingerprint density at radius 3 is 2.45 bits per heavy atom. The summed E-state index contributed by atoms with van der Waals surface area (Å²) >= 11 is 0. The predicted molar refractivity (Wildman–Crippen MR) is 132 cm³/mol. The smallest absolute Gasteiger partial charge is 0.435 e. The number of carbonyl (C=O) groups is 1. The van der Waals surface area contributed by atoms with E-state index in [1.165, 1.54) is 23.2 Å². The van der Waals surface area contributed by atoms with Crippen molar-refractivity contribution in [1.29, 1.82) is 0 Å². The number of urea groups is 1. The minimum absolute atomic E-state index is 0.0109. The lowest BCUT2D eigenvalue weighted by Gasteiger charge is -2.32. The summed E-state index contributed by atoms with van der Waals surface area (Å²) in [6, 6.07) is 3.88. The zero-order valence-electron chi connectivity index (χ0n) is 20.8. The van der Waals surface area contributed by atoms with Crippen LogP contribution >= 0.6 is 0 Å². The normalized spacial score (nSPS) is 14.4. The Morgan fingerprint density at radius 1 is 1.07 bits per heavy atom. The monoisotopic (exact) mass is 560 g/mol. The lowest BCUT2D eigenvalue weighted by atomic mass is 9.89. The Kier molecular flexibility index (Phi) is 7.04. The average Bonchev–Trinajstić information content (AvgIpc) is 3.40. The van der Waals surface area contributed by atoms with Gasteiger partial charge in [-0.3, -0.25) is 0 Å². The van der Waals surface area contributed by atoms with E-state index in [0.29, 0.717) is 29.8 Å². The minimum atomic E-state index is -4.74. The number of aryl methyl sites for hydroxylation is 1. The first-order chi connectivity index (χ1) is 19.0.